The van der Waals surface area contributed by atoms with Crippen molar-refractivity contribution in [1.29, 1.82) is 0 Å². The normalized spacial score (nSPS) is 11.5. The molecular weight excluding hydrogens is 164 g/mol. The minimum atomic E-state index is -0.727. The molecule has 0 fully saturated rings. The van der Waals surface area contributed by atoms with E-state index in [1.54, 1.807) is 17.5 Å². The van der Waals surface area contributed by atoms with Crippen LogP contribution >= 0.6 is 11.3 Å². The number of carbonyl (C=O) groups excluding carboxylic acids is 1. The van der Waals surface area contributed by atoms with Gasteiger partial charge in [0.05, 0.1) is 4.88 Å². The molecule has 0 saturated heterocycles. The molecule has 4 nitrogen and oxygen atoms in total. The number of rotatable bonds is 2. The number of primary amides is 1. The van der Waals surface area contributed by atoms with Crippen LogP contribution in [0.3, 0.4) is 0 Å². The van der Waals surface area contributed by atoms with Crippen molar-refractivity contribution >= 4 is 23.0 Å². The standard InChI is InChI=1S/C6H6N2O2S/c7-6(9)5(8-10)4-2-1-3-11-4/h1-3,10H,(H2,7,9)/b8-5+. The van der Waals surface area contributed by atoms with Gasteiger partial charge in [0.1, 0.15) is 0 Å². The van der Waals surface area contributed by atoms with Crippen LogP contribution in [0.4, 0.5) is 0 Å². The van der Waals surface area contributed by atoms with Crippen molar-refractivity contribution in [2.45, 2.75) is 0 Å². The summed E-state index contributed by atoms with van der Waals surface area (Å²) in [5.41, 5.74) is 4.82. The van der Waals surface area contributed by atoms with Gasteiger partial charge in [-0.2, -0.15) is 0 Å². The fourth-order valence-electron chi connectivity index (χ4n) is 0.633. The number of oxime groups is 1. The predicted molar refractivity (Wildman–Crippen MR) is 41.8 cm³/mol. The fourth-order valence-corrected chi connectivity index (χ4v) is 1.35. The summed E-state index contributed by atoms with van der Waals surface area (Å²) in [7, 11) is 0. The van der Waals surface area contributed by atoms with Crippen molar-refractivity contribution in [2.75, 3.05) is 0 Å². The number of hydrogen-bond donors (Lipinski definition) is 2. The second-order valence-corrected chi connectivity index (χ2v) is 2.74. The van der Waals surface area contributed by atoms with Gasteiger partial charge in [0.2, 0.25) is 0 Å². The summed E-state index contributed by atoms with van der Waals surface area (Å²) in [4.78, 5) is 11.1. The summed E-state index contributed by atoms with van der Waals surface area (Å²) in [5.74, 6) is -0.727. The zero-order valence-corrected chi connectivity index (χ0v) is 6.34. The molecule has 58 valence electrons. The number of nitrogens with zero attached hydrogens (tertiary/aromatic N) is 1. The van der Waals surface area contributed by atoms with Crippen molar-refractivity contribution in [3.05, 3.63) is 22.4 Å². The smallest absolute Gasteiger partial charge is 0.272 e. The van der Waals surface area contributed by atoms with E-state index in [2.05, 4.69) is 5.16 Å². The van der Waals surface area contributed by atoms with Gasteiger partial charge >= 0.3 is 0 Å². The quantitative estimate of drug-likeness (QED) is 0.383. The second kappa shape index (κ2) is 3.16. The van der Waals surface area contributed by atoms with Crippen molar-refractivity contribution in [3.8, 4) is 0 Å². The van der Waals surface area contributed by atoms with E-state index in [9.17, 15) is 4.79 Å². The SMILES string of the molecule is NC(=O)/C(=N/O)c1cccs1. The lowest BCUT2D eigenvalue weighted by Gasteiger charge is -1.92. The first-order valence-corrected chi connectivity index (χ1v) is 3.69. The van der Waals surface area contributed by atoms with Crippen molar-refractivity contribution in [3.63, 3.8) is 0 Å². The molecule has 0 spiro atoms. The molecule has 0 unspecified atom stereocenters. The van der Waals surface area contributed by atoms with Gasteiger partial charge in [-0.3, -0.25) is 4.79 Å². The van der Waals surface area contributed by atoms with E-state index >= 15 is 0 Å². The molecule has 0 aliphatic carbocycles. The number of carbonyl (C=O) groups is 1. The molecular formula is C6H6N2O2S. The van der Waals surface area contributed by atoms with Crippen molar-refractivity contribution < 1.29 is 10.0 Å². The van der Waals surface area contributed by atoms with Crippen LogP contribution in [-0.4, -0.2) is 16.8 Å². The molecule has 0 atom stereocenters. The Balaban J connectivity index is 2.99. The van der Waals surface area contributed by atoms with Crippen molar-refractivity contribution in [2.24, 2.45) is 10.9 Å². The number of hydrogen-bond acceptors (Lipinski definition) is 4. The van der Waals surface area contributed by atoms with Gasteiger partial charge in [0.15, 0.2) is 5.71 Å². The highest BCUT2D eigenvalue weighted by molar-refractivity contribution is 7.13. The van der Waals surface area contributed by atoms with E-state index < -0.39 is 5.91 Å². The highest BCUT2D eigenvalue weighted by Crippen LogP contribution is 2.09. The predicted octanol–water partition coefficient (Wildman–Crippen LogP) is 0.412. The Hall–Kier alpha value is -1.36. The zero-order chi connectivity index (χ0) is 8.27. The van der Waals surface area contributed by atoms with Crippen LogP contribution in [0, 0.1) is 0 Å². The molecule has 0 aromatic carbocycles. The molecule has 0 bridgehead atoms. The molecule has 0 aliphatic heterocycles. The van der Waals surface area contributed by atoms with Crippen LogP contribution in [0.1, 0.15) is 4.88 Å². The van der Waals surface area contributed by atoms with Crippen molar-refractivity contribution in [1.82, 2.24) is 0 Å². The Kier molecular flexibility index (Phi) is 2.22. The van der Waals surface area contributed by atoms with Gasteiger partial charge < -0.3 is 10.9 Å². The van der Waals surface area contributed by atoms with E-state index in [4.69, 9.17) is 10.9 Å². The first-order valence-electron chi connectivity index (χ1n) is 2.81. The third-order valence-corrected chi connectivity index (χ3v) is 1.96. The third kappa shape index (κ3) is 1.56. The van der Waals surface area contributed by atoms with E-state index in [1.165, 1.54) is 11.3 Å². The summed E-state index contributed by atoms with van der Waals surface area (Å²) in [5, 5.41) is 12.9. The fraction of sp³-hybridized carbons (Fsp3) is 0. The van der Waals surface area contributed by atoms with Crippen LogP contribution < -0.4 is 5.73 Å². The molecule has 1 heterocycles. The highest BCUT2D eigenvalue weighted by Gasteiger charge is 2.10. The van der Waals surface area contributed by atoms with E-state index in [0.717, 1.165) is 0 Å². The van der Waals surface area contributed by atoms with E-state index in [-0.39, 0.29) is 5.71 Å². The number of thiophene rings is 1. The van der Waals surface area contributed by atoms with Gasteiger partial charge in [0.25, 0.3) is 5.91 Å². The summed E-state index contributed by atoms with van der Waals surface area (Å²) >= 11 is 1.29. The summed E-state index contributed by atoms with van der Waals surface area (Å²) in [6, 6.07) is 3.40. The molecule has 11 heavy (non-hydrogen) atoms. The molecule has 1 rings (SSSR count). The minimum absolute atomic E-state index is 0.0972. The lowest BCUT2D eigenvalue weighted by Crippen LogP contribution is -2.23. The topological polar surface area (TPSA) is 75.7 Å². The van der Waals surface area contributed by atoms with Crippen LogP contribution in [0.5, 0.6) is 0 Å². The summed E-state index contributed by atoms with van der Waals surface area (Å²) in [6.07, 6.45) is 0. The Morgan fingerprint density at radius 2 is 2.45 bits per heavy atom. The molecule has 1 aromatic rings. The largest absolute Gasteiger partial charge is 0.410 e. The second-order valence-electron chi connectivity index (χ2n) is 1.79. The maximum absolute atomic E-state index is 10.6. The van der Waals surface area contributed by atoms with Crippen LogP contribution in [-0.2, 0) is 4.79 Å². The number of amides is 1. The monoisotopic (exact) mass is 170 g/mol. The van der Waals surface area contributed by atoms with Gasteiger partial charge in [0, 0.05) is 0 Å². The Bertz CT molecular complexity index is 279. The maximum atomic E-state index is 10.6. The van der Waals surface area contributed by atoms with Gasteiger partial charge in [-0.05, 0) is 11.4 Å². The molecule has 3 N–H and O–H groups in total. The molecule has 1 aromatic heterocycles. The van der Waals surface area contributed by atoms with E-state index in [1.807, 2.05) is 0 Å². The first-order chi connectivity index (χ1) is 5.25. The Morgan fingerprint density at radius 3 is 2.82 bits per heavy atom. The molecule has 0 radical (unpaired) electrons. The average molecular weight is 170 g/mol. The number of nitrogens with two attached hydrogens (primary N) is 1. The Morgan fingerprint density at radius 1 is 1.73 bits per heavy atom. The van der Waals surface area contributed by atoms with Crippen LogP contribution in [0.25, 0.3) is 0 Å². The average Bonchev–Trinajstić information content (AvgIpc) is 2.40. The van der Waals surface area contributed by atoms with Gasteiger partial charge in [-0.1, -0.05) is 11.2 Å². The first kappa shape index (κ1) is 7.74. The zero-order valence-electron chi connectivity index (χ0n) is 5.52. The van der Waals surface area contributed by atoms with Crippen LogP contribution in [0.15, 0.2) is 22.7 Å². The summed E-state index contributed by atoms with van der Waals surface area (Å²) in [6.45, 7) is 0. The molecule has 0 aliphatic rings. The Labute approximate surface area is 66.9 Å². The van der Waals surface area contributed by atoms with Gasteiger partial charge in [-0.25, -0.2) is 0 Å². The summed E-state index contributed by atoms with van der Waals surface area (Å²) < 4.78 is 0. The minimum Gasteiger partial charge on any atom is -0.410 e. The third-order valence-electron chi connectivity index (χ3n) is 1.09. The lowest BCUT2D eigenvalue weighted by atomic mass is 10.3. The molecule has 5 heteroatoms. The molecule has 1 amide bonds. The van der Waals surface area contributed by atoms with E-state index in [0.29, 0.717) is 4.88 Å². The van der Waals surface area contributed by atoms with Crippen LogP contribution in [0.2, 0.25) is 0 Å². The molecule has 0 saturated carbocycles. The van der Waals surface area contributed by atoms with Gasteiger partial charge in [-0.15, -0.1) is 11.3 Å². The highest BCUT2D eigenvalue weighted by atomic mass is 32.1. The lowest BCUT2D eigenvalue weighted by molar-refractivity contribution is -0.112. The maximum Gasteiger partial charge on any atom is 0.272 e.